The van der Waals surface area contributed by atoms with E-state index in [0.29, 0.717) is 11.6 Å². The van der Waals surface area contributed by atoms with Crippen molar-refractivity contribution in [2.45, 2.75) is 31.1 Å². The van der Waals surface area contributed by atoms with Crippen molar-refractivity contribution in [3.05, 3.63) is 34.9 Å². The average Bonchev–Trinajstić information content (AvgIpc) is 2.98. The highest BCUT2D eigenvalue weighted by molar-refractivity contribution is 6.30. The fourth-order valence-electron chi connectivity index (χ4n) is 2.96. The summed E-state index contributed by atoms with van der Waals surface area (Å²) in [5.41, 5.74) is 0.482. The fraction of sp³-hybridized carbons (Fsp3) is 0.500. The number of benzene rings is 1. The molecule has 0 aromatic heterocycles. The Kier molecular flexibility index (Phi) is 5.80. The maximum absolute atomic E-state index is 12.6. The van der Waals surface area contributed by atoms with E-state index >= 15 is 0 Å². The van der Waals surface area contributed by atoms with Crippen molar-refractivity contribution in [1.82, 2.24) is 5.32 Å². The van der Waals surface area contributed by atoms with Crippen LogP contribution in [0.5, 0.6) is 0 Å². The minimum atomic E-state index is -1.01. The summed E-state index contributed by atoms with van der Waals surface area (Å²) in [6, 6.07) is 7.43. The largest absolute Gasteiger partial charge is 0.480 e. The Morgan fingerprint density at radius 1 is 1.23 bits per heavy atom. The third kappa shape index (κ3) is 3.99. The van der Waals surface area contributed by atoms with Crippen molar-refractivity contribution in [3.63, 3.8) is 0 Å². The van der Waals surface area contributed by atoms with E-state index in [-0.39, 0.29) is 19.1 Å². The Hall–Kier alpha value is -1.59. The molecule has 1 fully saturated rings. The standard InChI is InChI=1S/C16H20ClNO4/c17-13-5-3-12(4-6-13)16(7-1-2-8-16)15(21)18-9-10-22-11-14(19)20/h3-6H,1-2,7-11H2,(H,18,21)(H,19,20). The second-order valence-electron chi connectivity index (χ2n) is 5.50. The molecule has 0 spiro atoms. The number of nitrogens with one attached hydrogen (secondary N) is 1. The fourth-order valence-corrected chi connectivity index (χ4v) is 3.09. The topological polar surface area (TPSA) is 75.6 Å². The first-order valence-corrected chi connectivity index (χ1v) is 7.76. The highest BCUT2D eigenvalue weighted by Gasteiger charge is 2.42. The molecule has 1 aromatic rings. The molecule has 1 saturated carbocycles. The van der Waals surface area contributed by atoms with Crippen molar-refractivity contribution in [2.75, 3.05) is 19.8 Å². The number of carboxylic acids is 1. The van der Waals surface area contributed by atoms with E-state index in [1.54, 1.807) is 12.1 Å². The van der Waals surface area contributed by atoms with Crippen LogP contribution in [0.15, 0.2) is 24.3 Å². The monoisotopic (exact) mass is 325 g/mol. The van der Waals surface area contributed by atoms with E-state index in [9.17, 15) is 9.59 Å². The van der Waals surface area contributed by atoms with Crippen LogP contribution in [0.2, 0.25) is 5.02 Å². The number of carbonyl (C=O) groups excluding carboxylic acids is 1. The predicted octanol–water partition coefficient (Wildman–Crippen LogP) is 2.37. The Bertz CT molecular complexity index is 523. The molecule has 1 aromatic carbocycles. The van der Waals surface area contributed by atoms with Crippen LogP contribution in [-0.4, -0.2) is 36.7 Å². The summed E-state index contributed by atoms with van der Waals surface area (Å²) in [4.78, 5) is 23.0. The zero-order valence-electron chi connectivity index (χ0n) is 12.3. The van der Waals surface area contributed by atoms with Crippen LogP contribution in [0, 0.1) is 0 Å². The molecule has 0 bridgehead atoms. The summed E-state index contributed by atoms with van der Waals surface area (Å²) < 4.78 is 4.93. The Morgan fingerprint density at radius 2 is 1.86 bits per heavy atom. The van der Waals surface area contributed by atoms with Gasteiger partial charge in [0.2, 0.25) is 5.91 Å². The molecule has 0 saturated heterocycles. The number of amides is 1. The minimum Gasteiger partial charge on any atom is -0.480 e. The van der Waals surface area contributed by atoms with Crippen LogP contribution in [-0.2, 0) is 19.7 Å². The van der Waals surface area contributed by atoms with Crippen molar-refractivity contribution < 1.29 is 19.4 Å². The van der Waals surface area contributed by atoms with Crippen molar-refractivity contribution in [2.24, 2.45) is 0 Å². The van der Waals surface area contributed by atoms with E-state index in [0.717, 1.165) is 31.2 Å². The number of carboxylic acid groups (broad SMARTS) is 1. The number of halogens is 1. The van der Waals surface area contributed by atoms with Gasteiger partial charge in [-0.2, -0.15) is 0 Å². The summed E-state index contributed by atoms with van der Waals surface area (Å²) in [7, 11) is 0. The maximum Gasteiger partial charge on any atom is 0.329 e. The summed E-state index contributed by atoms with van der Waals surface area (Å²) in [5.74, 6) is -1.04. The molecule has 1 aliphatic carbocycles. The Morgan fingerprint density at radius 3 is 2.45 bits per heavy atom. The molecular formula is C16H20ClNO4. The highest BCUT2D eigenvalue weighted by atomic mass is 35.5. The smallest absolute Gasteiger partial charge is 0.329 e. The molecule has 120 valence electrons. The first-order valence-electron chi connectivity index (χ1n) is 7.38. The van der Waals surface area contributed by atoms with Gasteiger partial charge in [-0.25, -0.2) is 4.79 Å². The lowest BCUT2D eigenvalue weighted by atomic mass is 9.78. The van der Waals surface area contributed by atoms with Gasteiger partial charge in [0.25, 0.3) is 0 Å². The molecule has 0 radical (unpaired) electrons. The molecule has 0 heterocycles. The van der Waals surface area contributed by atoms with E-state index in [1.807, 2.05) is 12.1 Å². The second-order valence-corrected chi connectivity index (χ2v) is 5.93. The summed E-state index contributed by atoms with van der Waals surface area (Å²) in [6.07, 6.45) is 3.67. The molecule has 0 atom stereocenters. The Labute approximate surface area is 134 Å². The Balaban J connectivity index is 1.97. The summed E-state index contributed by atoms with van der Waals surface area (Å²) >= 11 is 5.92. The van der Waals surface area contributed by atoms with Crippen molar-refractivity contribution in [3.8, 4) is 0 Å². The minimum absolute atomic E-state index is 0.0220. The lowest BCUT2D eigenvalue weighted by Crippen LogP contribution is -2.43. The molecule has 1 aliphatic rings. The third-order valence-electron chi connectivity index (χ3n) is 4.05. The van der Waals surface area contributed by atoms with E-state index < -0.39 is 11.4 Å². The lowest BCUT2D eigenvalue weighted by molar-refractivity contribution is -0.142. The molecule has 6 heteroatoms. The maximum atomic E-state index is 12.6. The first kappa shape index (κ1) is 16.8. The van der Waals surface area contributed by atoms with Crippen LogP contribution < -0.4 is 5.32 Å². The molecule has 5 nitrogen and oxygen atoms in total. The second kappa shape index (κ2) is 7.61. The van der Waals surface area contributed by atoms with Gasteiger partial charge in [-0.05, 0) is 30.5 Å². The number of hydrogen-bond acceptors (Lipinski definition) is 3. The zero-order valence-corrected chi connectivity index (χ0v) is 13.1. The number of hydrogen-bond donors (Lipinski definition) is 2. The van der Waals surface area contributed by atoms with Crippen LogP contribution in [0.1, 0.15) is 31.2 Å². The van der Waals surface area contributed by atoms with Crippen LogP contribution in [0.3, 0.4) is 0 Å². The molecule has 2 N–H and O–H groups in total. The molecule has 0 unspecified atom stereocenters. The molecule has 2 rings (SSSR count). The van der Waals surface area contributed by atoms with E-state index in [1.165, 1.54) is 0 Å². The van der Waals surface area contributed by atoms with Gasteiger partial charge in [0.15, 0.2) is 0 Å². The quantitative estimate of drug-likeness (QED) is 0.755. The van der Waals surface area contributed by atoms with Gasteiger partial charge in [-0.15, -0.1) is 0 Å². The predicted molar refractivity (Wildman–Crippen MR) is 83.1 cm³/mol. The van der Waals surface area contributed by atoms with Gasteiger partial charge in [0.1, 0.15) is 6.61 Å². The third-order valence-corrected chi connectivity index (χ3v) is 4.30. The lowest BCUT2D eigenvalue weighted by Gasteiger charge is -2.28. The average molecular weight is 326 g/mol. The van der Waals surface area contributed by atoms with Gasteiger partial charge < -0.3 is 15.2 Å². The van der Waals surface area contributed by atoms with Crippen molar-refractivity contribution >= 4 is 23.5 Å². The SMILES string of the molecule is O=C(O)COCCNC(=O)C1(c2ccc(Cl)cc2)CCCC1. The van der Waals surface area contributed by atoms with Crippen LogP contribution in [0.25, 0.3) is 0 Å². The molecular weight excluding hydrogens is 306 g/mol. The normalized spacial score (nSPS) is 16.4. The number of aliphatic carboxylic acids is 1. The molecule has 22 heavy (non-hydrogen) atoms. The van der Waals surface area contributed by atoms with Gasteiger partial charge in [0, 0.05) is 11.6 Å². The number of carbonyl (C=O) groups is 2. The van der Waals surface area contributed by atoms with Gasteiger partial charge >= 0.3 is 5.97 Å². The van der Waals surface area contributed by atoms with Gasteiger partial charge in [0.05, 0.1) is 12.0 Å². The van der Waals surface area contributed by atoms with E-state index in [4.69, 9.17) is 21.4 Å². The number of ether oxygens (including phenoxy) is 1. The molecule has 1 amide bonds. The molecule has 0 aliphatic heterocycles. The first-order chi connectivity index (χ1) is 10.5. The van der Waals surface area contributed by atoms with Gasteiger partial charge in [-0.1, -0.05) is 36.6 Å². The summed E-state index contributed by atoms with van der Waals surface area (Å²) in [6.45, 7) is 0.147. The highest BCUT2D eigenvalue weighted by Crippen LogP contribution is 2.41. The van der Waals surface area contributed by atoms with Gasteiger partial charge in [-0.3, -0.25) is 4.79 Å². The van der Waals surface area contributed by atoms with E-state index in [2.05, 4.69) is 5.32 Å². The van der Waals surface area contributed by atoms with Crippen molar-refractivity contribution in [1.29, 1.82) is 0 Å². The van der Waals surface area contributed by atoms with Crippen LogP contribution >= 0.6 is 11.6 Å². The summed E-state index contributed by atoms with van der Waals surface area (Å²) in [5, 5.41) is 12.0. The van der Waals surface area contributed by atoms with Crippen LogP contribution in [0.4, 0.5) is 0 Å². The zero-order chi connectivity index (χ0) is 16.0. The number of rotatable bonds is 7.